The molecule has 0 bridgehead atoms. The van der Waals surface area contributed by atoms with Crippen molar-refractivity contribution in [3.05, 3.63) is 12.1 Å². The molecule has 4 nitrogen and oxygen atoms in total. The molecule has 1 atom stereocenters. The number of anilines is 1. The van der Waals surface area contributed by atoms with E-state index in [0.717, 1.165) is 36.9 Å². The van der Waals surface area contributed by atoms with Gasteiger partial charge in [0, 0.05) is 19.3 Å². The normalized spacial score (nSPS) is 18.9. The van der Waals surface area contributed by atoms with E-state index < -0.39 is 0 Å². The SMILES string of the molecule is CSc1ccc(NC(C)C2CCOCC2)nn1. The van der Waals surface area contributed by atoms with Gasteiger partial charge in [-0.1, -0.05) is 0 Å². The number of nitrogens with zero attached hydrogens (tertiary/aromatic N) is 2. The number of nitrogens with one attached hydrogen (secondary N) is 1. The zero-order chi connectivity index (χ0) is 12.1. The fourth-order valence-corrected chi connectivity index (χ4v) is 2.40. The van der Waals surface area contributed by atoms with Crippen LogP contribution in [0.5, 0.6) is 0 Å². The lowest BCUT2D eigenvalue weighted by Crippen LogP contribution is -2.31. The van der Waals surface area contributed by atoms with Crippen LogP contribution in [0.1, 0.15) is 19.8 Å². The van der Waals surface area contributed by atoms with Crippen LogP contribution in [0.4, 0.5) is 5.82 Å². The third-order valence-electron chi connectivity index (χ3n) is 3.20. The molecule has 1 aliphatic heterocycles. The molecule has 5 heteroatoms. The number of aromatic nitrogens is 2. The van der Waals surface area contributed by atoms with Gasteiger partial charge in [0.2, 0.25) is 0 Å². The van der Waals surface area contributed by atoms with E-state index in [2.05, 4.69) is 22.4 Å². The van der Waals surface area contributed by atoms with E-state index in [0.29, 0.717) is 12.0 Å². The molecule has 0 aromatic carbocycles. The number of thioether (sulfide) groups is 1. The van der Waals surface area contributed by atoms with Crippen molar-refractivity contribution in [3.8, 4) is 0 Å². The van der Waals surface area contributed by atoms with Gasteiger partial charge in [-0.15, -0.1) is 22.0 Å². The largest absolute Gasteiger partial charge is 0.381 e. The number of hydrogen-bond acceptors (Lipinski definition) is 5. The Morgan fingerprint density at radius 1 is 1.35 bits per heavy atom. The predicted molar refractivity (Wildman–Crippen MR) is 70.4 cm³/mol. The Labute approximate surface area is 107 Å². The Morgan fingerprint density at radius 3 is 2.71 bits per heavy atom. The van der Waals surface area contributed by atoms with Gasteiger partial charge in [-0.25, -0.2) is 0 Å². The maximum Gasteiger partial charge on any atom is 0.148 e. The van der Waals surface area contributed by atoms with Gasteiger partial charge in [0.1, 0.15) is 10.8 Å². The second-order valence-corrected chi connectivity index (χ2v) is 5.17. The maximum atomic E-state index is 5.37. The zero-order valence-electron chi connectivity index (χ0n) is 10.3. The molecule has 2 heterocycles. The van der Waals surface area contributed by atoms with Crippen LogP contribution in [0.2, 0.25) is 0 Å². The third-order valence-corrected chi connectivity index (χ3v) is 3.83. The lowest BCUT2D eigenvalue weighted by molar-refractivity contribution is 0.0622. The average molecular weight is 253 g/mol. The first-order valence-electron chi connectivity index (χ1n) is 6.01. The van der Waals surface area contributed by atoms with Crippen molar-refractivity contribution in [2.24, 2.45) is 5.92 Å². The van der Waals surface area contributed by atoms with Crippen LogP contribution in [0.15, 0.2) is 17.2 Å². The van der Waals surface area contributed by atoms with E-state index >= 15 is 0 Å². The van der Waals surface area contributed by atoms with Crippen molar-refractivity contribution >= 4 is 17.6 Å². The highest BCUT2D eigenvalue weighted by Gasteiger charge is 2.20. The van der Waals surface area contributed by atoms with Crippen molar-refractivity contribution in [1.29, 1.82) is 0 Å². The van der Waals surface area contributed by atoms with E-state index in [4.69, 9.17) is 4.74 Å². The second-order valence-electron chi connectivity index (χ2n) is 4.34. The summed E-state index contributed by atoms with van der Waals surface area (Å²) < 4.78 is 5.37. The maximum absolute atomic E-state index is 5.37. The molecule has 0 amide bonds. The van der Waals surface area contributed by atoms with Gasteiger partial charge in [0.25, 0.3) is 0 Å². The summed E-state index contributed by atoms with van der Waals surface area (Å²) in [6.07, 6.45) is 4.26. The smallest absolute Gasteiger partial charge is 0.148 e. The molecule has 1 aromatic heterocycles. The van der Waals surface area contributed by atoms with Gasteiger partial charge in [-0.2, -0.15) is 0 Å². The Morgan fingerprint density at radius 2 is 2.12 bits per heavy atom. The average Bonchev–Trinajstić information content (AvgIpc) is 2.40. The molecular formula is C12H19N3OS. The summed E-state index contributed by atoms with van der Waals surface area (Å²) in [6, 6.07) is 4.42. The van der Waals surface area contributed by atoms with Crippen LogP contribution in [0.25, 0.3) is 0 Å². The third kappa shape index (κ3) is 3.57. The molecule has 1 N–H and O–H groups in total. The summed E-state index contributed by atoms with van der Waals surface area (Å²) in [5, 5.41) is 12.7. The lowest BCUT2D eigenvalue weighted by Gasteiger charge is -2.28. The van der Waals surface area contributed by atoms with Crippen molar-refractivity contribution in [2.75, 3.05) is 24.8 Å². The summed E-state index contributed by atoms with van der Waals surface area (Å²) in [5.41, 5.74) is 0. The predicted octanol–water partition coefficient (Wildman–Crippen LogP) is 2.43. The first-order valence-corrected chi connectivity index (χ1v) is 7.24. The Kier molecular flexibility index (Phi) is 4.62. The fourth-order valence-electron chi connectivity index (χ4n) is 2.07. The van der Waals surface area contributed by atoms with Crippen LogP contribution in [0.3, 0.4) is 0 Å². The van der Waals surface area contributed by atoms with Crippen LogP contribution in [-0.2, 0) is 4.74 Å². The summed E-state index contributed by atoms with van der Waals surface area (Å²) in [5.74, 6) is 1.53. The second kappa shape index (κ2) is 6.21. The molecule has 0 aliphatic carbocycles. The van der Waals surface area contributed by atoms with Crippen molar-refractivity contribution in [3.63, 3.8) is 0 Å². The Bertz CT molecular complexity index is 338. The van der Waals surface area contributed by atoms with Crippen LogP contribution < -0.4 is 5.32 Å². The molecule has 2 rings (SSSR count). The zero-order valence-corrected chi connectivity index (χ0v) is 11.2. The van der Waals surface area contributed by atoms with Crippen LogP contribution >= 0.6 is 11.8 Å². The number of rotatable bonds is 4. The highest BCUT2D eigenvalue weighted by atomic mass is 32.2. The fraction of sp³-hybridized carbons (Fsp3) is 0.667. The van der Waals surface area contributed by atoms with Crippen molar-refractivity contribution < 1.29 is 4.74 Å². The van der Waals surface area contributed by atoms with Gasteiger partial charge in [-0.05, 0) is 44.1 Å². The first kappa shape index (κ1) is 12.6. The topological polar surface area (TPSA) is 47.0 Å². The quantitative estimate of drug-likeness (QED) is 0.835. The van der Waals surface area contributed by atoms with Crippen LogP contribution in [-0.4, -0.2) is 35.7 Å². The van der Waals surface area contributed by atoms with Gasteiger partial charge < -0.3 is 10.1 Å². The van der Waals surface area contributed by atoms with Crippen molar-refractivity contribution in [1.82, 2.24) is 10.2 Å². The van der Waals surface area contributed by atoms with Gasteiger partial charge >= 0.3 is 0 Å². The summed E-state index contributed by atoms with van der Waals surface area (Å²) in [7, 11) is 0. The minimum Gasteiger partial charge on any atom is -0.381 e. The van der Waals surface area contributed by atoms with E-state index in [1.165, 1.54) is 0 Å². The van der Waals surface area contributed by atoms with E-state index in [9.17, 15) is 0 Å². The molecule has 1 aliphatic rings. The molecule has 0 saturated carbocycles. The molecular weight excluding hydrogens is 234 g/mol. The van der Waals surface area contributed by atoms with Gasteiger partial charge in [0.15, 0.2) is 0 Å². The van der Waals surface area contributed by atoms with E-state index in [-0.39, 0.29) is 0 Å². The minimum atomic E-state index is 0.424. The summed E-state index contributed by atoms with van der Waals surface area (Å²) >= 11 is 1.61. The lowest BCUT2D eigenvalue weighted by atomic mass is 9.93. The molecule has 1 unspecified atom stereocenters. The minimum absolute atomic E-state index is 0.424. The summed E-state index contributed by atoms with van der Waals surface area (Å²) in [4.78, 5) is 0. The highest BCUT2D eigenvalue weighted by Crippen LogP contribution is 2.21. The number of ether oxygens (including phenoxy) is 1. The van der Waals surface area contributed by atoms with Crippen molar-refractivity contribution in [2.45, 2.75) is 30.8 Å². The Balaban J connectivity index is 1.89. The molecule has 1 fully saturated rings. The molecule has 1 saturated heterocycles. The Hall–Kier alpha value is -0.810. The standard InChI is InChI=1S/C12H19N3OS/c1-9(10-5-7-16-8-6-10)13-11-3-4-12(17-2)15-14-11/h3-4,9-10H,5-8H2,1-2H3,(H,13,14). The molecule has 94 valence electrons. The van der Waals surface area contributed by atoms with Gasteiger partial charge in [-0.3, -0.25) is 0 Å². The van der Waals surface area contributed by atoms with E-state index in [1.54, 1.807) is 11.8 Å². The van der Waals surface area contributed by atoms with Crippen LogP contribution in [0, 0.1) is 5.92 Å². The molecule has 1 aromatic rings. The van der Waals surface area contributed by atoms with E-state index in [1.807, 2.05) is 18.4 Å². The number of hydrogen-bond donors (Lipinski definition) is 1. The molecule has 0 radical (unpaired) electrons. The molecule has 0 spiro atoms. The summed E-state index contributed by atoms with van der Waals surface area (Å²) in [6.45, 7) is 3.97. The highest BCUT2D eigenvalue weighted by molar-refractivity contribution is 7.98. The monoisotopic (exact) mass is 253 g/mol. The molecule has 17 heavy (non-hydrogen) atoms. The van der Waals surface area contributed by atoms with Gasteiger partial charge in [0.05, 0.1) is 0 Å². The first-order chi connectivity index (χ1) is 8.29.